The van der Waals surface area contributed by atoms with Crippen LogP contribution in [0, 0.1) is 0 Å². The van der Waals surface area contributed by atoms with Crippen LogP contribution in [-0.4, -0.2) is 21.3 Å². The van der Waals surface area contributed by atoms with E-state index >= 15 is 0 Å². The van der Waals surface area contributed by atoms with Gasteiger partial charge >= 0.3 is 6.18 Å². The summed E-state index contributed by atoms with van der Waals surface area (Å²) < 4.78 is 42.9. The van der Waals surface area contributed by atoms with Crippen molar-refractivity contribution in [1.29, 1.82) is 0 Å². The topological polar surface area (TPSA) is 62.8 Å². The third-order valence-corrected chi connectivity index (χ3v) is 3.81. The van der Waals surface area contributed by atoms with Crippen molar-refractivity contribution in [3.63, 3.8) is 0 Å². The van der Waals surface area contributed by atoms with Crippen LogP contribution in [0.2, 0.25) is 15.1 Å². The summed E-state index contributed by atoms with van der Waals surface area (Å²) in [6, 6.07) is 2.83. The molecule has 1 aromatic heterocycles. The number of rotatable bonds is 5. The standard InChI is InChI=1S/C13H10Cl3F3N4O/c1-5(20-12-21-11(22-23-12)13(17,18)19)6(2)24-10-4-8(15)7(14)3-9(10)16/h3-4,6H,1H2,2H3,(H2,20,21,22,23). The van der Waals surface area contributed by atoms with Gasteiger partial charge in [-0.25, -0.2) is 0 Å². The lowest BCUT2D eigenvalue weighted by atomic mass is 10.3. The Hall–Kier alpha value is -1.64. The molecule has 0 aliphatic heterocycles. The number of alkyl halides is 3. The minimum Gasteiger partial charge on any atom is -0.483 e. The van der Waals surface area contributed by atoms with Crippen LogP contribution >= 0.6 is 34.8 Å². The lowest BCUT2D eigenvalue weighted by Gasteiger charge is -2.18. The highest BCUT2D eigenvalue weighted by atomic mass is 35.5. The Morgan fingerprint density at radius 2 is 1.88 bits per heavy atom. The molecule has 0 aliphatic carbocycles. The number of hydrogen-bond donors (Lipinski definition) is 2. The van der Waals surface area contributed by atoms with Crippen LogP contribution in [0.5, 0.6) is 5.75 Å². The predicted octanol–water partition coefficient (Wildman–Crippen LogP) is 5.18. The second kappa shape index (κ2) is 7.08. The molecule has 0 aliphatic rings. The van der Waals surface area contributed by atoms with Gasteiger partial charge < -0.3 is 10.1 Å². The molecule has 11 heteroatoms. The van der Waals surface area contributed by atoms with E-state index in [4.69, 9.17) is 39.5 Å². The number of aromatic amines is 1. The van der Waals surface area contributed by atoms with Crippen LogP contribution in [0.4, 0.5) is 19.1 Å². The van der Waals surface area contributed by atoms with Crippen LogP contribution in [0.3, 0.4) is 0 Å². The second-order valence-corrected chi connectivity index (χ2v) is 5.83. The average Bonchev–Trinajstić information content (AvgIpc) is 2.93. The SMILES string of the molecule is C=C(Nc1n[nH]c(C(F)(F)F)n1)C(C)Oc1cc(Cl)c(Cl)cc1Cl. The minimum absolute atomic E-state index is 0.213. The molecule has 0 saturated heterocycles. The Balaban J connectivity index is 2.05. The Bertz CT molecular complexity index is 763. The Morgan fingerprint density at radius 1 is 1.25 bits per heavy atom. The number of halogens is 6. The Morgan fingerprint density at radius 3 is 2.46 bits per heavy atom. The highest BCUT2D eigenvalue weighted by Gasteiger charge is 2.35. The van der Waals surface area contributed by atoms with Gasteiger partial charge in [-0.15, -0.1) is 5.10 Å². The molecule has 0 radical (unpaired) electrons. The van der Waals surface area contributed by atoms with E-state index in [1.165, 1.54) is 12.1 Å². The summed E-state index contributed by atoms with van der Waals surface area (Å²) in [5.41, 5.74) is 0.213. The molecule has 1 heterocycles. The molecule has 2 aromatic rings. The normalized spacial score (nSPS) is 12.8. The molecule has 2 rings (SSSR count). The molecular formula is C13H10Cl3F3N4O. The maximum Gasteiger partial charge on any atom is 0.451 e. The van der Waals surface area contributed by atoms with E-state index in [0.29, 0.717) is 0 Å². The van der Waals surface area contributed by atoms with E-state index in [-0.39, 0.29) is 32.5 Å². The molecule has 1 atom stereocenters. The molecule has 0 amide bonds. The third-order valence-electron chi connectivity index (χ3n) is 2.80. The van der Waals surface area contributed by atoms with E-state index in [1.54, 1.807) is 12.0 Å². The first-order valence-electron chi connectivity index (χ1n) is 6.34. The fourth-order valence-electron chi connectivity index (χ4n) is 1.55. The van der Waals surface area contributed by atoms with Gasteiger partial charge in [0.15, 0.2) is 0 Å². The van der Waals surface area contributed by atoms with Gasteiger partial charge in [-0.1, -0.05) is 41.4 Å². The van der Waals surface area contributed by atoms with Gasteiger partial charge in [0, 0.05) is 6.07 Å². The Labute approximate surface area is 149 Å². The van der Waals surface area contributed by atoms with Crippen molar-refractivity contribution in [1.82, 2.24) is 15.2 Å². The summed E-state index contributed by atoms with van der Waals surface area (Å²) in [6.07, 6.45) is -5.29. The summed E-state index contributed by atoms with van der Waals surface area (Å²) in [6.45, 7) is 5.28. The first kappa shape index (κ1) is 18.7. The van der Waals surface area contributed by atoms with Gasteiger partial charge in [-0.2, -0.15) is 18.2 Å². The Kier molecular flexibility index (Phi) is 5.52. The minimum atomic E-state index is -4.62. The predicted molar refractivity (Wildman–Crippen MR) is 85.7 cm³/mol. The average molecular weight is 402 g/mol. The second-order valence-electron chi connectivity index (χ2n) is 4.61. The molecular weight excluding hydrogens is 392 g/mol. The molecule has 130 valence electrons. The maximum absolute atomic E-state index is 12.5. The third kappa shape index (κ3) is 4.46. The number of aromatic nitrogens is 3. The summed E-state index contributed by atoms with van der Waals surface area (Å²) in [4.78, 5) is 3.27. The summed E-state index contributed by atoms with van der Waals surface area (Å²) in [5, 5.41) is 8.44. The smallest absolute Gasteiger partial charge is 0.451 e. The van der Waals surface area contributed by atoms with Crippen molar-refractivity contribution in [3.8, 4) is 5.75 Å². The number of benzene rings is 1. The first-order valence-corrected chi connectivity index (χ1v) is 7.48. The van der Waals surface area contributed by atoms with E-state index in [0.717, 1.165) is 0 Å². The van der Waals surface area contributed by atoms with Gasteiger partial charge in [-0.05, 0) is 13.0 Å². The van der Waals surface area contributed by atoms with Gasteiger partial charge in [0.25, 0.3) is 0 Å². The zero-order valence-corrected chi connectivity index (χ0v) is 14.3. The van der Waals surface area contributed by atoms with Crippen LogP contribution in [0.1, 0.15) is 12.7 Å². The van der Waals surface area contributed by atoms with Crippen LogP contribution < -0.4 is 10.1 Å². The maximum atomic E-state index is 12.5. The van der Waals surface area contributed by atoms with Crippen molar-refractivity contribution in [2.45, 2.75) is 19.2 Å². The van der Waals surface area contributed by atoms with Gasteiger partial charge in [-0.3, -0.25) is 5.10 Å². The first-order chi connectivity index (χ1) is 11.1. The van der Waals surface area contributed by atoms with Gasteiger partial charge in [0.1, 0.15) is 11.9 Å². The number of anilines is 1. The highest BCUT2D eigenvalue weighted by molar-refractivity contribution is 6.43. The molecule has 24 heavy (non-hydrogen) atoms. The molecule has 2 N–H and O–H groups in total. The zero-order chi connectivity index (χ0) is 18.1. The zero-order valence-electron chi connectivity index (χ0n) is 12.0. The monoisotopic (exact) mass is 400 g/mol. The molecule has 0 saturated carbocycles. The quantitative estimate of drug-likeness (QED) is 0.678. The van der Waals surface area contributed by atoms with Crippen LogP contribution in [0.25, 0.3) is 0 Å². The summed E-state index contributed by atoms with van der Waals surface area (Å²) in [5.74, 6) is -1.27. The van der Waals surface area contributed by atoms with E-state index in [9.17, 15) is 13.2 Å². The molecule has 0 bridgehead atoms. The fraction of sp³-hybridized carbons (Fsp3) is 0.231. The lowest BCUT2D eigenvalue weighted by molar-refractivity contribution is -0.144. The number of nitrogens with one attached hydrogen (secondary N) is 2. The van der Waals surface area contributed by atoms with Gasteiger partial charge in [0.2, 0.25) is 11.8 Å². The van der Waals surface area contributed by atoms with Crippen molar-refractivity contribution in [2.75, 3.05) is 5.32 Å². The lowest BCUT2D eigenvalue weighted by Crippen LogP contribution is -2.20. The molecule has 0 spiro atoms. The number of nitrogens with zero attached hydrogens (tertiary/aromatic N) is 2. The number of H-pyrrole nitrogens is 1. The van der Waals surface area contributed by atoms with Crippen molar-refractivity contribution >= 4 is 40.8 Å². The molecule has 0 fully saturated rings. The van der Waals surface area contributed by atoms with Gasteiger partial charge in [0.05, 0.1) is 20.8 Å². The number of ether oxygens (including phenoxy) is 1. The van der Waals surface area contributed by atoms with E-state index < -0.39 is 18.1 Å². The summed E-state index contributed by atoms with van der Waals surface area (Å²) in [7, 11) is 0. The van der Waals surface area contributed by atoms with Crippen molar-refractivity contribution < 1.29 is 17.9 Å². The van der Waals surface area contributed by atoms with Crippen LogP contribution in [0.15, 0.2) is 24.4 Å². The number of hydrogen-bond acceptors (Lipinski definition) is 4. The van der Waals surface area contributed by atoms with E-state index in [2.05, 4.69) is 22.0 Å². The molecule has 1 unspecified atom stereocenters. The fourth-order valence-corrected chi connectivity index (χ4v) is 2.13. The van der Waals surface area contributed by atoms with Crippen molar-refractivity contribution in [2.24, 2.45) is 0 Å². The van der Waals surface area contributed by atoms with Crippen LogP contribution in [-0.2, 0) is 6.18 Å². The molecule has 5 nitrogen and oxygen atoms in total. The summed E-state index contributed by atoms with van der Waals surface area (Å²) >= 11 is 17.7. The highest BCUT2D eigenvalue weighted by Crippen LogP contribution is 2.35. The van der Waals surface area contributed by atoms with Crippen molar-refractivity contribution in [3.05, 3.63) is 45.3 Å². The van der Waals surface area contributed by atoms with E-state index in [1.807, 2.05) is 0 Å². The molecule has 1 aromatic carbocycles. The largest absolute Gasteiger partial charge is 0.483 e.